The topological polar surface area (TPSA) is 107 Å². The minimum absolute atomic E-state index is 0.135. The van der Waals surface area contributed by atoms with E-state index >= 15 is 0 Å². The zero-order valence-electron chi connectivity index (χ0n) is 8.56. The molecule has 7 heteroatoms. The maximum atomic E-state index is 11.1. The highest BCUT2D eigenvalue weighted by molar-refractivity contribution is 5.82. The monoisotopic (exact) mass is 218 g/mol. The van der Waals surface area contributed by atoms with Gasteiger partial charge in [0.2, 0.25) is 0 Å². The van der Waals surface area contributed by atoms with Crippen molar-refractivity contribution in [2.24, 2.45) is 0 Å². The lowest BCUT2D eigenvalue weighted by atomic mass is 10.1. The molecule has 0 fully saturated rings. The molecule has 0 aliphatic rings. The van der Waals surface area contributed by atoms with Gasteiger partial charge < -0.3 is 20.4 Å². The summed E-state index contributed by atoms with van der Waals surface area (Å²) in [7, 11) is 2.93. The third kappa shape index (κ3) is 5.50. The molecular weight excluding hydrogens is 204 g/mol. The number of urea groups is 1. The number of carboxylic acid groups (broad SMARTS) is 2. The normalized spacial score (nSPS) is 11.6. The molecule has 0 spiro atoms. The van der Waals surface area contributed by atoms with Gasteiger partial charge in [-0.15, -0.1) is 0 Å². The first-order chi connectivity index (χ1) is 6.84. The Bertz CT molecular complexity index is 264. The van der Waals surface area contributed by atoms with E-state index in [2.05, 4.69) is 5.32 Å². The predicted octanol–water partition coefficient (Wildman–Crippen LogP) is -0.424. The summed E-state index contributed by atoms with van der Waals surface area (Å²) in [4.78, 5) is 33.2. The zero-order chi connectivity index (χ0) is 12.0. The van der Waals surface area contributed by atoms with Gasteiger partial charge in [0.05, 0.1) is 0 Å². The summed E-state index contributed by atoms with van der Waals surface area (Å²) in [6.45, 7) is 0. The van der Waals surface area contributed by atoms with Crippen LogP contribution in [0.25, 0.3) is 0 Å². The molecule has 0 aliphatic heterocycles. The van der Waals surface area contributed by atoms with Gasteiger partial charge in [-0.3, -0.25) is 4.79 Å². The van der Waals surface area contributed by atoms with Crippen molar-refractivity contribution in [2.75, 3.05) is 14.1 Å². The van der Waals surface area contributed by atoms with Gasteiger partial charge in [0.25, 0.3) is 0 Å². The van der Waals surface area contributed by atoms with Crippen molar-refractivity contribution in [1.29, 1.82) is 0 Å². The van der Waals surface area contributed by atoms with Gasteiger partial charge in [0.1, 0.15) is 6.04 Å². The first kappa shape index (κ1) is 13.2. The lowest BCUT2D eigenvalue weighted by molar-refractivity contribution is -0.140. The van der Waals surface area contributed by atoms with Crippen LogP contribution in [-0.4, -0.2) is 53.2 Å². The summed E-state index contributed by atoms with van der Waals surface area (Å²) in [5.74, 6) is -2.34. The van der Waals surface area contributed by atoms with Crippen LogP contribution in [0.1, 0.15) is 12.8 Å². The summed E-state index contributed by atoms with van der Waals surface area (Å²) in [6.07, 6.45) is -0.436. The van der Waals surface area contributed by atoms with Gasteiger partial charge in [-0.2, -0.15) is 0 Å². The predicted molar refractivity (Wildman–Crippen MR) is 50.5 cm³/mol. The van der Waals surface area contributed by atoms with Crippen LogP contribution < -0.4 is 5.32 Å². The number of rotatable bonds is 5. The molecule has 0 heterocycles. The molecular formula is C8H14N2O5. The van der Waals surface area contributed by atoms with Gasteiger partial charge in [-0.25, -0.2) is 9.59 Å². The van der Waals surface area contributed by atoms with E-state index in [-0.39, 0.29) is 12.8 Å². The minimum atomic E-state index is -1.24. The Balaban J connectivity index is 4.22. The molecule has 0 bridgehead atoms. The summed E-state index contributed by atoms with van der Waals surface area (Å²) < 4.78 is 0. The number of carbonyl (C=O) groups excluding carboxylic acids is 1. The molecule has 3 N–H and O–H groups in total. The second kappa shape index (κ2) is 5.84. The fourth-order valence-corrected chi connectivity index (χ4v) is 0.803. The Morgan fingerprint density at radius 1 is 1.27 bits per heavy atom. The fourth-order valence-electron chi connectivity index (χ4n) is 0.803. The number of nitrogens with one attached hydrogen (secondary N) is 1. The van der Waals surface area contributed by atoms with Crippen molar-refractivity contribution < 1.29 is 24.6 Å². The summed E-state index contributed by atoms with van der Waals surface area (Å²) in [6, 6.07) is -1.73. The van der Waals surface area contributed by atoms with Crippen LogP contribution in [0.2, 0.25) is 0 Å². The van der Waals surface area contributed by atoms with Gasteiger partial charge in [-0.05, 0) is 6.42 Å². The van der Waals surface area contributed by atoms with Gasteiger partial charge in [0.15, 0.2) is 0 Å². The highest BCUT2D eigenvalue weighted by atomic mass is 16.4. The molecule has 1 atom stereocenters. The standard InChI is InChI=1S/C8H14N2O5/c1-10(2)8(15)9-5(7(13)14)3-4-6(11)12/h5H,3-4H2,1-2H3,(H,9,15)(H,11,12)(H,13,14). The molecule has 0 saturated carbocycles. The summed E-state index contributed by atoms with van der Waals surface area (Å²) >= 11 is 0. The van der Waals surface area contributed by atoms with Crippen LogP contribution in [0, 0.1) is 0 Å². The van der Waals surface area contributed by atoms with Crippen molar-refractivity contribution >= 4 is 18.0 Å². The van der Waals surface area contributed by atoms with Crippen molar-refractivity contribution in [3.05, 3.63) is 0 Å². The lowest BCUT2D eigenvalue weighted by Gasteiger charge is -2.17. The molecule has 15 heavy (non-hydrogen) atoms. The van der Waals surface area contributed by atoms with Gasteiger partial charge in [-0.1, -0.05) is 0 Å². The van der Waals surface area contributed by atoms with Gasteiger partial charge >= 0.3 is 18.0 Å². The van der Waals surface area contributed by atoms with Crippen LogP contribution in [0.3, 0.4) is 0 Å². The Morgan fingerprint density at radius 3 is 2.13 bits per heavy atom. The maximum Gasteiger partial charge on any atom is 0.326 e. The van der Waals surface area contributed by atoms with Crippen molar-refractivity contribution in [3.63, 3.8) is 0 Å². The Morgan fingerprint density at radius 2 is 1.80 bits per heavy atom. The smallest absolute Gasteiger partial charge is 0.326 e. The van der Waals surface area contributed by atoms with E-state index < -0.39 is 24.0 Å². The molecule has 0 aliphatic carbocycles. The average Bonchev–Trinajstić information content (AvgIpc) is 2.10. The quantitative estimate of drug-likeness (QED) is 0.580. The van der Waals surface area contributed by atoms with E-state index in [1.807, 2.05) is 0 Å². The highest BCUT2D eigenvalue weighted by Gasteiger charge is 2.21. The number of carbonyl (C=O) groups is 3. The third-order valence-corrected chi connectivity index (χ3v) is 1.65. The number of amides is 2. The summed E-state index contributed by atoms with van der Waals surface area (Å²) in [5, 5.41) is 19.3. The van der Waals surface area contributed by atoms with Crippen LogP contribution >= 0.6 is 0 Å². The second-order valence-corrected chi connectivity index (χ2v) is 3.17. The number of hydrogen-bond acceptors (Lipinski definition) is 3. The SMILES string of the molecule is CN(C)C(=O)NC(CCC(=O)O)C(=O)O. The Kier molecular flexibility index (Phi) is 5.14. The van der Waals surface area contributed by atoms with Crippen LogP contribution in [0.4, 0.5) is 4.79 Å². The van der Waals surface area contributed by atoms with E-state index in [4.69, 9.17) is 10.2 Å². The molecule has 0 rings (SSSR count). The van der Waals surface area contributed by atoms with Crippen LogP contribution in [0.5, 0.6) is 0 Å². The first-order valence-electron chi connectivity index (χ1n) is 4.27. The van der Waals surface area contributed by atoms with E-state index in [0.717, 1.165) is 0 Å². The van der Waals surface area contributed by atoms with Crippen molar-refractivity contribution in [1.82, 2.24) is 10.2 Å². The molecule has 86 valence electrons. The number of carboxylic acids is 2. The number of hydrogen-bond donors (Lipinski definition) is 3. The van der Waals surface area contributed by atoms with Crippen molar-refractivity contribution in [2.45, 2.75) is 18.9 Å². The average molecular weight is 218 g/mol. The molecule has 1 unspecified atom stereocenters. The Hall–Kier alpha value is -1.79. The molecule has 0 saturated heterocycles. The van der Waals surface area contributed by atoms with E-state index in [0.29, 0.717) is 0 Å². The molecule has 2 amide bonds. The Labute approximate surface area is 86.7 Å². The molecule has 7 nitrogen and oxygen atoms in total. The molecule has 0 aromatic carbocycles. The van der Waals surface area contributed by atoms with E-state index in [1.165, 1.54) is 19.0 Å². The minimum Gasteiger partial charge on any atom is -0.481 e. The fraction of sp³-hybridized carbons (Fsp3) is 0.625. The number of nitrogens with zero attached hydrogens (tertiary/aromatic N) is 1. The molecule has 0 radical (unpaired) electrons. The second-order valence-electron chi connectivity index (χ2n) is 3.17. The number of aliphatic carboxylic acids is 2. The highest BCUT2D eigenvalue weighted by Crippen LogP contribution is 1.98. The van der Waals surface area contributed by atoms with Gasteiger partial charge in [0, 0.05) is 20.5 Å². The molecule has 0 aromatic heterocycles. The van der Waals surface area contributed by atoms with Crippen LogP contribution in [-0.2, 0) is 9.59 Å². The maximum absolute atomic E-state index is 11.1. The van der Waals surface area contributed by atoms with E-state index in [9.17, 15) is 14.4 Å². The lowest BCUT2D eigenvalue weighted by Crippen LogP contribution is -2.45. The van der Waals surface area contributed by atoms with E-state index in [1.54, 1.807) is 0 Å². The van der Waals surface area contributed by atoms with Crippen molar-refractivity contribution in [3.8, 4) is 0 Å². The zero-order valence-corrected chi connectivity index (χ0v) is 8.56. The largest absolute Gasteiger partial charge is 0.481 e. The summed E-state index contributed by atoms with van der Waals surface area (Å²) in [5.41, 5.74) is 0. The first-order valence-corrected chi connectivity index (χ1v) is 4.27. The molecule has 0 aromatic rings. The third-order valence-electron chi connectivity index (χ3n) is 1.65. The van der Waals surface area contributed by atoms with Crippen LogP contribution in [0.15, 0.2) is 0 Å².